The number of carbonyl (C=O) groups is 3. The summed E-state index contributed by atoms with van der Waals surface area (Å²) in [5.41, 5.74) is 0. The number of allylic oxidation sites excluding steroid dienone is 16. The van der Waals surface area contributed by atoms with Crippen LogP contribution in [0.5, 0.6) is 0 Å². The van der Waals surface area contributed by atoms with E-state index in [4.69, 9.17) is 14.2 Å². The molecule has 0 radical (unpaired) electrons. The molecule has 6 heteroatoms. The minimum Gasteiger partial charge on any atom is -0.462 e. The molecule has 0 aromatic heterocycles. The normalized spacial score (nSPS) is 12.7. The molecule has 0 aromatic carbocycles. The number of ether oxygens (including phenoxy) is 3. The molecule has 460 valence electrons. The van der Waals surface area contributed by atoms with Gasteiger partial charge in [0.15, 0.2) is 6.10 Å². The molecule has 0 aromatic rings. The highest BCUT2D eigenvalue weighted by Crippen LogP contribution is 2.16. The standard InChI is InChI=1S/C74H128O6/c1-4-7-10-13-16-19-22-25-28-31-34-35-36-37-38-39-41-43-46-49-52-55-58-61-64-67-73(76)79-70-71(69-78-72(75)66-63-60-57-54-51-48-45-42-33-30-27-24-21-18-15-12-9-6-3)80-74(77)68-65-62-59-56-53-50-47-44-40-32-29-26-23-20-17-14-11-8-5-2/h7,10,16-17,19-20,25-26,28-30,33-35,37-38,71H,4-6,8-9,11-15,18,21-24,27,31-32,36,39-70H2,1-3H3/b10-7-,19-16-,20-17-,28-25-,29-26-,33-30-,35-34-,38-37-. The van der Waals surface area contributed by atoms with Crippen molar-refractivity contribution < 1.29 is 28.6 Å². The van der Waals surface area contributed by atoms with Gasteiger partial charge in [0.25, 0.3) is 0 Å². The Kier molecular flexibility index (Phi) is 64.7. The van der Waals surface area contributed by atoms with E-state index in [-0.39, 0.29) is 31.1 Å². The van der Waals surface area contributed by atoms with E-state index < -0.39 is 6.10 Å². The van der Waals surface area contributed by atoms with E-state index in [1.165, 1.54) is 193 Å². The zero-order valence-corrected chi connectivity index (χ0v) is 52.8. The maximum atomic E-state index is 12.9. The molecule has 0 aliphatic rings. The van der Waals surface area contributed by atoms with E-state index in [0.29, 0.717) is 19.3 Å². The Morgan fingerprint density at radius 2 is 0.487 bits per heavy atom. The topological polar surface area (TPSA) is 78.9 Å². The van der Waals surface area contributed by atoms with E-state index in [2.05, 4.69) is 118 Å². The van der Waals surface area contributed by atoms with Gasteiger partial charge in [-0.2, -0.15) is 0 Å². The lowest BCUT2D eigenvalue weighted by atomic mass is 10.1. The van der Waals surface area contributed by atoms with Crippen molar-refractivity contribution in [1.29, 1.82) is 0 Å². The van der Waals surface area contributed by atoms with Crippen LogP contribution < -0.4 is 0 Å². The van der Waals surface area contributed by atoms with Crippen molar-refractivity contribution in [3.63, 3.8) is 0 Å². The van der Waals surface area contributed by atoms with Crippen LogP contribution in [-0.2, 0) is 28.6 Å². The average molecular weight is 1110 g/mol. The van der Waals surface area contributed by atoms with Crippen molar-refractivity contribution in [2.75, 3.05) is 13.2 Å². The first-order chi connectivity index (χ1) is 39.5. The maximum Gasteiger partial charge on any atom is 0.306 e. The number of rotatable bonds is 62. The SMILES string of the molecule is CC/C=C\C/C=C\C/C=C\C/C=C\C/C=C\CCCCCCCCCCCC(=O)OCC(COC(=O)CCCCCCCCC/C=C\CCCCCCCCC)OC(=O)CCCCCCCCCCC/C=C\C/C=C\CCCCC. The summed E-state index contributed by atoms with van der Waals surface area (Å²) < 4.78 is 17.0. The molecule has 0 fully saturated rings. The number of carbonyl (C=O) groups excluding carboxylic acids is 3. The first kappa shape index (κ1) is 76.3. The lowest BCUT2D eigenvalue weighted by Crippen LogP contribution is -2.30. The minimum atomic E-state index is -0.787. The van der Waals surface area contributed by atoms with Gasteiger partial charge in [0.05, 0.1) is 0 Å². The summed E-state index contributed by atoms with van der Waals surface area (Å²) in [5, 5.41) is 0. The maximum absolute atomic E-state index is 12.9. The Morgan fingerprint density at radius 1 is 0.263 bits per heavy atom. The molecule has 0 saturated heterocycles. The van der Waals surface area contributed by atoms with Gasteiger partial charge in [0.2, 0.25) is 0 Å². The van der Waals surface area contributed by atoms with E-state index in [9.17, 15) is 14.4 Å². The van der Waals surface area contributed by atoms with E-state index in [1.54, 1.807) is 0 Å². The predicted molar refractivity (Wildman–Crippen MR) is 348 cm³/mol. The van der Waals surface area contributed by atoms with Crippen LogP contribution in [0.4, 0.5) is 0 Å². The fraction of sp³-hybridized carbons (Fsp3) is 0.743. The highest BCUT2D eigenvalue weighted by Gasteiger charge is 2.19. The molecule has 0 aliphatic carbocycles. The summed E-state index contributed by atoms with van der Waals surface area (Å²) in [6, 6.07) is 0. The molecule has 1 atom stereocenters. The molecule has 80 heavy (non-hydrogen) atoms. The van der Waals surface area contributed by atoms with Crippen molar-refractivity contribution in [3.8, 4) is 0 Å². The zero-order chi connectivity index (χ0) is 57.8. The van der Waals surface area contributed by atoms with Gasteiger partial charge in [0.1, 0.15) is 13.2 Å². The highest BCUT2D eigenvalue weighted by molar-refractivity contribution is 5.71. The van der Waals surface area contributed by atoms with Crippen molar-refractivity contribution >= 4 is 17.9 Å². The summed E-state index contributed by atoms with van der Waals surface area (Å²) in [4.78, 5) is 38.5. The van der Waals surface area contributed by atoms with Gasteiger partial charge in [0, 0.05) is 19.3 Å². The molecule has 0 N–H and O–H groups in total. The van der Waals surface area contributed by atoms with Gasteiger partial charge >= 0.3 is 17.9 Å². The Hall–Kier alpha value is -3.67. The first-order valence-electron chi connectivity index (χ1n) is 34.2. The Morgan fingerprint density at radius 3 is 0.800 bits per heavy atom. The molecule has 0 saturated carbocycles. The van der Waals surface area contributed by atoms with Crippen molar-refractivity contribution in [1.82, 2.24) is 0 Å². The summed E-state index contributed by atoms with van der Waals surface area (Å²) in [6.07, 6.45) is 91.2. The monoisotopic (exact) mass is 1110 g/mol. The first-order valence-corrected chi connectivity index (χ1v) is 34.2. The third kappa shape index (κ3) is 65.1. The molecule has 0 aliphatic heterocycles. The molecule has 0 rings (SSSR count). The van der Waals surface area contributed by atoms with Gasteiger partial charge in [-0.25, -0.2) is 0 Å². The summed E-state index contributed by atoms with van der Waals surface area (Å²) >= 11 is 0. The average Bonchev–Trinajstić information content (AvgIpc) is 3.46. The van der Waals surface area contributed by atoms with Gasteiger partial charge in [-0.1, -0.05) is 291 Å². The number of hydrogen-bond donors (Lipinski definition) is 0. The quantitative estimate of drug-likeness (QED) is 0.0261. The predicted octanol–water partition coefficient (Wildman–Crippen LogP) is 23.6. The van der Waals surface area contributed by atoms with Crippen LogP contribution in [0.15, 0.2) is 97.2 Å². The van der Waals surface area contributed by atoms with Gasteiger partial charge in [-0.05, 0) is 122 Å². The number of esters is 3. The Balaban J connectivity index is 4.38. The second kappa shape index (κ2) is 67.8. The lowest BCUT2D eigenvalue weighted by Gasteiger charge is -2.18. The number of hydrogen-bond acceptors (Lipinski definition) is 6. The second-order valence-corrected chi connectivity index (χ2v) is 22.7. The molecule has 0 bridgehead atoms. The van der Waals surface area contributed by atoms with Crippen LogP contribution in [0.1, 0.15) is 335 Å². The molecule has 6 nitrogen and oxygen atoms in total. The summed E-state index contributed by atoms with van der Waals surface area (Å²) in [6.45, 7) is 6.53. The van der Waals surface area contributed by atoms with Gasteiger partial charge < -0.3 is 14.2 Å². The van der Waals surface area contributed by atoms with E-state index >= 15 is 0 Å². The molecular formula is C74H128O6. The molecule has 0 amide bonds. The summed E-state index contributed by atoms with van der Waals surface area (Å²) in [5.74, 6) is -0.882. The highest BCUT2D eigenvalue weighted by atomic mass is 16.6. The van der Waals surface area contributed by atoms with Gasteiger partial charge in [-0.15, -0.1) is 0 Å². The van der Waals surface area contributed by atoms with Crippen molar-refractivity contribution in [2.24, 2.45) is 0 Å². The minimum absolute atomic E-state index is 0.0818. The smallest absolute Gasteiger partial charge is 0.306 e. The third-order valence-corrected chi connectivity index (χ3v) is 14.8. The van der Waals surface area contributed by atoms with Crippen LogP contribution in [0.2, 0.25) is 0 Å². The fourth-order valence-corrected chi connectivity index (χ4v) is 9.67. The van der Waals surface area contributed by atoms with Gasteiger partial charge in [-0.3, -0.25) is 14.4 Å². The van der Waals surface area contributed by atoms with Crippen LogP contribution in [0.25, 0.3) is 0 Å². The van der Waals surface area contributed by atoms with Crippen LogP contribution in [0, 0.1) is 0 Å². The van der Waals surface area contributed by atoms with Crippen LogP contribution in [0.3, 0.4) is 0 Å². The van der Waals surface area contributed by atoms with Crippen molar-refractivity contribution in [3.05, 3.63) is 97.2 Å². The summed E-state index contributed by atoms with van der Waals surface area (Å²) in [7, 11) is 0. The molecule has 1 unspecified atom stereocenters. The fourth-order valence-electron chi connectivity index (χ4n) is 9.67. The lowest BCUT2D eigenvalue weighted by molar-refractivity contribution is -0.167. The molecular weight excluding hydrogens is 985 g/mol. The Bertz CT molecular complexity index is 1560. The molecule has 0 spiro atoms. The third-order valence-electron chi connectivity index (χ3n) is 14.8. The van der Waals surface area contributed by atoms with Crippen LogP contribution in [-0.4, -0.2) is 37.2 Å². The Labute approximate surface area is 496 Å². The van der Waals surface area contributed by atoms with E-state index in [0.717, 1.165) is 103 Å². The zero-order valence-electron chi connectivity index (χ0n) is 52.8. The second-order valence-electron chi connectivity index (χ2n) is 22.7. The van der Waals surface area contributed by atoms with Crippen molar-refractivity contribution in [2.45, 2.75) is 341 Å². The largest absolute Gasteiger partial charge is 0.462 e. The van der Waals surface area contributed by atoms with E-state index in [1.807, 2.05) is 0 Å². The molecule has 0 heterocycles. The van der Waals surface area contributed by atoms with Crippen LogP contribution >= 0.6 is 0 Å². The number of unbranched alkanes of at least 4 members (excludes halogenated alkanes) is 35.